The van der Waals surface area contributed by atoms with E-state index in [9.17, 15) is 4.79 Å². The number of carbonyl (C=O) groups is 1. The van der Waals surface area contributed by atoms with E-state index < -0.39 is 12.1 Å². The van der Waals surface area contributed by atoms with Gasteiger partial charge in [0.2, 0.25) is 0 Å². The molecule has 1 aromatic heterocycles. The van der Waals surface area contributed by atoms with Crippen LogP contribution in [-0.2, 0) is 11.3 Å². The Hall–Kier alpha value is -2.60. The number of benzene rings is 1. The third-order valence-corrected chi connectivity index (χ3v) is 4.49. The van der Waals surface area contributed by atoms with Crippen LogP contribution in [-0.4, -0.2) is 46.3 Å². The van der Waals surface area contributed by atoms with Crippen molar-refractivity contribution < 1.29 is 19.4 Å². The van der Waals surface area contributed by atoms with E-state index in [4.69, 9.17) is 14.6 Å². The van der Waals surface area contributed by atoms with Gasteiger partial charge in [-0.25, -0.2) is 4.79 Å². The Balaban J connectivity index is 1.54. The summed E-state index contributed by atoms with van der Waals surface area (Å²) in [5.74, 6) is 0.483. The first-order valence-electron chi connectivity index (χ1n) is 8.88. The molecule has 0 saturated carbocycles. The number of piperidine rings is 1. The lowest BCUT2D eigenvalue weighted by atomic mass is 10.1. The number of ether oxygens (including phenoxy) is 2. The van der Waals surface area contributed by atoms with E-state index >= 15 is 0 Å². The van der Waals surface area contributed by atoms with E-state index in [2.05, 4.69) is 9.88 Å². The van der Waals surface area contributed by atoms with Crippen LogP contribution in [0.4, 0.5) is 0 Å². The fraction of sp³-hybridized carbons (Fsp3) is 0.400. The number of carboxylic acids is 1. The maximum absolute atomic E-state index is 11.0. The minimum absolute atomic E-state index is 0.203. The van der Waals surface area contributed by atoms with Crippen LogP contribution in [0.5, 0.6) is 11.5 Å². The molecule has 26 heavy (non-hydrogen) atoms. The zero-order valence-corrected chi connectivity index (χ0v) is 14.9. The highest BCUT2D eigenvalue weighted by atomic mass is 16.5. The van der Waals surface area contributed by atoms with Crippen molar-refractivity contribution in [2.24, 2.45) is 0 Å². The lowest BCUT2D eigenvalue weighted by molar-refractivity contribution is -0.144. The fourth-order valence-corrected chi connectivity index (χ4v) is 3.03. The Labute approximate surface area is 153 Å². The molecule has 0 bridgehead atoms. The topological polar surface area (TPSA) is 71.9 Å². The second-order valence-corrected chi connectivity index (χ2v) is 6.49. The Morgan fingerprint density at radius 1 is 1.27 bits per heavy atom. The first-order valence-corrected chi connectivity index (χ1v) is 8.88. The number of nitrogens with zero attached hydrogens (tertiary/aromatic N) is 2. The SMILES string of the molecule is C[C@H](Oc1ccccc1CN1CCC(Oc2cccnc2)CC1)C(=O)O. The van der Waals surface area contributed by atoms with Gasteiger partial charge in [0.1, 0.15) is 17.6 Å². The van der Waals surface area contributed by atoms with Crippen molar-refractivity contribution in [1.29, 1.82) is 0 Å². The summed E-state index contributed by atoms with van der Waals surface area (Å²) in [5.41, 5.74) is 1.01. The third-order valence-electron chi connectivity index (χ3n) is 4.49. The lowest BCUT2D eigenvalue weighted by Gasteiger charge is -2.32. The molecule has 6 nitrogen and oxygen atoms in total. The van der Waals surface area contributed by atoms with E-state index in [1.165, 1.54) is 0 Å². The predicted molar refractivity (Wildman–Crippen MR) is 97.3 cm³/mol. The summed E-state index contributed by atoms with van der Waals surface area (Å²) in [6, 6.07) is 11.4. The summed E-state index contributed by atoms with van der Waals surface area (Å²) >= 11 is 0. The van der Waals surface area contributed by atoms with Crippen LogP contribution in [0.25, 0.3) is 0 Å². The van der Waals surface area contributed by atoms with Crippen LogP contribution < -0.4 is 9.47 Å². The second kappa shape index (κ2) is 8.67. The van der Waals surface area contributed by atoms with Crippen molar-refractivity contribution in [1.82, 2.24) is 9.88 Å². The standard InChI is InChI=1S/C20H24N2O4/c1-15(20(23)24)25-19-7-3-2-5-16(19)14-22-11-8-17(9-12-22)26-18-6-4-10-21-13-18/h2-7,10,13,15,17H,8-9,11-12,14H2,1H3,(H,23,24)/t15-/m0/s1. The molecule has 138 valence electrons. The van der Waals surface area contributed by atoms with Crippen LogP contribution in [0.1, 0.15) is 25.3 Å². The van der Waals surface area contributed by atoms with Gasteiger partial charge in [-0.05, 0) is 38.0 Å². The summed E-state index contributed by atoms with van der Waals surface area (Å²) in [7, 11) is 0. The molecule has 1 fully saturated rings. The van der Waals surface area contributed by atoms with Gasteiger partial charge in [-0.15, -0.1) is 0 Å². The molecule has 1 aliphatic rings. The van der Waals surface area contributed by atoms with Crippen molar-refractivity contribution in [3.8, 4) is 11.5 Å². The van der Waals surface area contributed by atoms with Gasteiger partial charge in [-0.3, -0.25) is 9.88 Å². The van der Waals surface area contributed by atoms with E-state index in [-0.39, 0.29) is 6.10 Å². The smallest absolute Gasteiger partial charge is 0.344 e. The number of aromatic nitrogens is 1. The Kier molecular flexibility index (Phi) is 6.07. The average Bonchev–Trinajstić information content (AvgIpc) is 2.65. The number of hydrogen-bond donors (Lipinski definition) is 1. The summed E-state index contributed by atoms with van der Waals surface area (Å²) < 4.78 is 11.6. The highest BCUT2D eigenvalue weighted by Crippen LogP contribution is 2.24. The van der Waals surface area contributed by atoms with Crippen LogP contribution in [0.15, 0.2) is 48.8 Å². The lowest BCUT2D eigenvalue weighted by Crippen LogP contribution is -2.38. The second-order valence-electron chi connectivity index (χ2n) is 6.49. The number of pyridine rings is 1. The van der Waals surface area contributed by atoms with Gasteiger partial charge in [0.05, 0.1) is 6.20 Å². The largest absolute Gasteiger partial charge is 0.489 e. The fourth-order valence-electron chi connectivity index (χ4n) is 3.03. The maximum Gasteiger partial charge on any atom is 0.344 e. The Morgan fingerprint density at radius 3 is 2.73 bits per heavy atom. The minimum Gasteiger partial charge on any atom is -0.489 e. The minimum atomic E-state index is -0.965. The molecule has 0 aliphatic carbocycles. The molecule has 0 spiro atoms. The molecule has 2 aromatic rings. The first kappa shape index (κ1) is 18.2. The Morgan fingerprint density at radius 2 is 2.04 bits per heavy atom. The summed E-state index contributed by atoms with van der Waals surface area (Å²) in [5, 5.41) is 9.05. The average molecular weight is 356 g/mol. The number of likely N-dealkylation sites (tertiary alicyclic amines) is 1. The molecular formula is C20H24N2O4. The number of rotatable bonds is 7. The van der Waals surface area contributed by atoms with Gasteiger partial charge >= 0.3 is 5.97 Å². The quantitative estimate of drug-likeness (QED) is 0.822. The molecule has 2 heterocycles. The first-order chi connectivity index (χ1) is 12.6. The molecule has 0 radical (unpaired) electrons. The van der Waals surface area contributed by atoms with Crippen molar-refractivity contribution in [2.75, 3.05) is 13.1 Å². The molecule has 1 saturated heterocycles. The molecule has 6 heteroatoms. The molecular weight excluding hydrogens is 332 g/mol. The van der Waals surface area contributed by atoms with Gasteiger partial charge in [0, 0.05) is 31.4 Å². The van der Waals surface area contributed by atoms with Crippen LogP contribution in [0.2, 0.25) is 0 Å². The van der Waals surface area contributed by atoms with Crippen molar-refractivity contribution in [2.45, 2.75) is 38.5 Å². The van der Waals surface area contributed by atoms with Gasteiger partial charge < -0.3 is 14.6 Å². The van der Waals surface area contributed by atoms with Gasteiger partial charge in [0.15, 0.2) is 6.10 Å². The van der Waals surface area contributed by atoms with E-state index in [1.54, 1.807) is 19.3 Å². The molecule has 1 atom stereocenters. The summed E-state index contributed by atoms with van der Waals surface area (Å²) in [6.07, 6.45) is 4.71. The molecule has 1 N–H and O–H groups in total. The van der Waals surface area contributed by atoms with E-state index in [1.807, 2.05) is 36.4 Å². The molecule has 1 aromatic carbocycles. The highest BCUT2D eigenvalue weighted by Gasteiger charge is 2.22. The van der Waals surface area contributed by atoms with Gasteiger partial charge in [0.25, 0.3) is 0 Å². The number of hydrogen-bond acceptors (Lipinski definition) is 5. The highest BCUT2D eigenvalue weighted by molar-refractivity contribution is 5.72. The molecule has 3 rings (SSSR count). The van der Waals surface area contributed by atoms with Crippen molar-refractivity contribution >= 4 is 5.97 Å². The summed E-state index contributed by atoms with van der Waals surface area (Å²) in [6.45, 7) is 4.13. The van der Waals surface area contributed by atoms with Gasteiger partial charge in [-0.1, -0.05) is 18.2 Å². The number of carboxylic acid groups (broad SMARTS) is 1. The van der Waals surface area contributed by atoms with Crippen molar-refractivity contribution in [3.05, 3.63) is 54.4 Å². The molecule has 1 aliphatic heterocycles. The number of para-hydroxylation sites is 1. The van der Waals surface area contributed by atoms with Crippen LogP contribution >= 0.6 is 0 Å². The van der Waals surface area contributed by atoms with Gasteiger partial charge in [-0.2, -0.15) is 0 Å². The maximum atomic E-state index is 11.0. The van der Waals surface area contributed by atoms with Crippen LogP contribution in [0.3, 0.4) is 0 Å². The third kappa shape index (κ3) is 4.95. The predicted octanol–water partition coefficient (Wildman–Crippen LogP) is 2.98. The number of aliphatic carboxylic acids is 1. The summed E-state index contributed by atoms with van der Waals surface area (Å²) in [4.78, 5) is 17.5. The van der Waals surface area contributed by atoms with E-state index in [0.717, 1.165) is 43.8 Å². The zero-order chi connectivity index (χ0) is 18.4. The molecule has 0 amide bonds. The zero-order valence-electron chi connectivity index (χ0n) is 14.9. The van der Waals surface area contributed by atoms with Crippen molar-refractivity contribution in [3.63, 3.8) is 0 Å². The monoisotopic (exact) mass is 356 g/mol. The van der Waals surface area contributed by atoms with E-state index in [0.29, 0.717) is 5.75 Å². The van der Waals surface area contributed by atoms with Crippen LogP contribution in [0, 0.1) is 0 Å². The molecule has 0 unspecified atom stereocenters. The normalized spacial score (nSPS) is 16.8. The Bertz CT molecular complexity index is 715.